The summed E-state index contributed by atoms with van der Waals surface area (Å²) in [6.07, 6.45) is 1.15. The number of aliphatic carboxylic acids is 1. The Balaban J connectivity index is 2.21. The Labute approximate surface area is 117 Å². The molecule has 110 valence electrons. The van der Waals surface area contributed by atoms with Crippen molar-refractivity contribution >= 4 is 5.97 Å². The largest absolute Gasteiger partial charge is 0.508 e. The minimum Gasteiger partial charge on any atom is -0.508 e. The molecule has 5 heteroatoms. The zero-order valence-electron chi connectivity index (χ0n) is 11.8. The van der Waals surface area contributed by atoms with Gasteiger partial charge in [0.2, 0.25) is 0 Å². The van der Waals surface area contributed by atoms with Gasteiger partial charge >= 0.3 is 5.97 Å². The van der Waals surface area contributed by atoms with E-state index in [1.54, 1.807) is 0 Å². The lowest BCUT2D eigenvalue weighted by molar-refractivity contribution is -0.148. The second-order valence-corrected chi connectivity index (χ2v) is 5.54. The molecule has 1 aromatic rings. The highest BCUT2D eigenvalue weighted by Crippen LogP contribution is 2.39. The SMILES string of the molecule is CCC1(C(=O)O)CCN(C(C)c2cc(F)ccc2O)C1. The molecular formula is C15H20FNO3. The molecule has 1 aliphatic rings. The lowest BCUT2D eigenvalue weighted by Gasteiger charge is -2.28. The van der Waals surface area contributed by atoms with Crippen LogP contribution >= 0.6 is 0 Å². The van der Waals surface area contributed by atoms with Gasteiger partial charge < -0.3 is 10.2 Å². The van der Waals surface area contributed by atoms with Crippen LogP contribution in [-0.2, 0) is 4.79 Å². The highest BCUT2D eigenvalue weighted by atomic mass is 19.1. The van der Waals surface area contributed by atoms with Crippen molar-refractivity contribution in [3.63, 3.8) is 0 Å². The molecule has 1 aliphatic heterocycles. The van der Waals surface area contributed by atoms with Gasteiger partial charge in [-0.2, -0.15) is 0 Å². The van der Waals surface area contributed by atoms with E-state index < -0.39 is 17.2 Å². The van der Waals surface area contributed by atoms with Gasteiger partial charge in [0.1, 0.15) is 11.6 Å². The molecule has 0 bridgehead atoms. The van der Waals surface area contributed by atoms with Crippen molar-refractivity contribution < 1.29 is 19.4 Å². The van der Waals surface area contributed by atoms with Gasteiger partial charge in [0.25, 0.3) is 0 Å². The first-order valence-electron chi connectivity index (χ1n) is 6.85. The first-order valence-corrected chi connectivity index (χ1v) is 6.85. The van der Waals surface area contributed by atoms with E-state index in [0.29, 0.717) is 31.5 Å². The molecule has 1 fully saturated rings. The van der Waals surface area contributed by atoms with E-state index in [1.165, 1.54) is 18.2 Å². The van der Waals surface area contributed by atoms with Gasteiger partial charge in [-0.3, -0.25) is 9.69 Å². The molecule has 0 aromatic heterocycles. The summed E-state index contributed by atoms with van der Waals surface area (Å²) in [7, 11) is 0. The zero-order chi connectivity index (χ0) is 14.9. The monoisotopic (exact) mass is 281 g/mol. The molecule has 1 heterocycles. The van der Waals surface area contributed by atoms with E-state index in [0.717, 1.165) is 0 Å². The van der Waals surface area contributed by atoms with Crippen LogP contribution < -0.4 is 0 Å². The van der Waals surface area contributed by atoms with Crippen LogP contribution in [-0.4, -0.2) is 34.2 Å². The molecule has 4 nitrogen and oxygen atoms in total. The van der Waals surface area contributed by atoms with Gasteiger partial charge in [-0.05, 0) is 44.5 Å². The fourth-order valence-corrected chi connectivity index (χ4v) is 2.91. The number of hydrogen-bond donors (Lipinski definition) is 2. The Morgan fingerprint density at radius 1 is 1.55 bits per heavy atom. The number of rotatable bonds is 4. The summed E-state index contributed by atoms with van der Waals surface area (Å²) in [5, 5.41) is 19.2. The number of hydrogen-bond acceptors (Lipinski definition) is 3. The summed E-state index contributed by atoms with van der Waals surface area (Å²) in [6.45, 7) is 4.80. The molecular weight excluding hydrogens is 261 g/mol. The van der Waals surface area contributed by atoms with E-state index in [1.807, 2.05) is 18.7 Å². The Kier molecular flexibility index (Phi) is 3.99. The standard InChI is InChI=1S/C15H20FNO3/c1-3-15(14(19)20)6-7-17(9-15)10(2)12-8-11(16)4-5-13(12)18/h4-5,8,10,18H,3,6-7,9H2,1-2H3,(H,19,20). The van der Waals surface area contributed by atoms with Crippen molar-refractivity contribution in [1.29, 1.82) is 0 Å². The molecule has 0 radical (unpaired) electrons. The maximum atomic E-state index is 13.3. The van der Waals surface area contributed by atoms with Crippen LogP contribution in [0.25, 0.3) is 0 Å². The highest BCUT2D eigenvalue weighted by molar-refractivity contribution is 5.75. The number of phenolic OH excluding ortho intramolecular Hbond substituents is 1. The number of carboxylic acids is 1. The molecule has 2 unspecified atom stereocenters. The molecule has 2 N–H and O–H groups in total. The van der Waals surface area contributed by atoms with Gasteiger partial charge in [0, 0.05) is 18.2 Å². The Morgan fingerprint density at radius 3 is 2.80 bits per heavy atom. The van der Waals surface area contributed by atoms with Crippen LogP contribution in [0.15, 0.2) is 18.2 Å². The van der Waals surface area contributed by atoms with Gasteiger partial charge in [0.15, 0.2) is 0 Å². The van der Waals surface area contributed by atoms with E-state index in [4.69, 9.17) is 0 Å². The first-order chi connectivity index (χ1) is 9.39. The Bertz CT molecular complexity index is 520. The fraction of sp³-hybridized carbons (Fsp3) is 0.533. The first kappa shape index (κ1) is 14.8. The summed E-state index contributed by atoms with van der Waals surface area (Å²) in [5.41, 5.74) is -0.223. The summed E-state index contributed by atoms with van der Waals surface area (Å²) >= 11 is 0. The Hall–Kier alpha value is -1.62. The van der Waals surface area contributed by atoms with Crippen molar-refractivity contribution in [2.45, 2.75) is 32.7 Å². The highest BCUT2D eigenvalue weighted by Gasteiger charge is 2.44. The van der Waals surface area contributed by atoms with Crippen LogP contribution in [0.1, 0.15) is 38.3 Å². The van der Waals surface area contributed by atoms with E-state index in [-0.39, 0.29) is 11.8 Å². The van der Waals surface area contributed by atoms with Gasteiger partial charge in [-0.1, -0.05) is 6.92 Å². The Morgan fingerprint density at radius 2 is 2.25 bits per heavy atom. The number of halogens is 1. The predicted octanol–water partition coefficient (Wildman–Crippen LogP) is 2.78. The fourth-order valence-electron chi connectivity index (χ4n) is 2.91. The van der Waals surface area contributed by atoms with Crippen molar-refractivity contribution in [3.05, 3.63) is 29.6 Å². The number of phenols is 1. The molecule has 1 saturated heterocycles. The lowest BCUT2D eigenvalue weighted by atomic mass is 9.84. The number of aromatic hydroxyl groups is 1. The normalized spacial score (nSPS) is 24.8. The maximum Gasteiger partial charge on any atom is 0.310 e. The zero-order valence-corrected chi connectivity index (χ0v) is 11.8. The average molecular weight is 281 g/mol. The summed E-state index contributed by atoms with van der Waals surface area (Å²) in [4.78, 5) is 13.4. The summed E-state index contributed by atoms with van der Waals surface area (Å²) < 4.78 is 13.3. The van der Waals surface area contributed by atoms with Gasteiger partial charge in [-0.15, -0.1) is 0 Å². The van der Waals surface area contributed by atoms with Crippen molar-refractivity contribution in [2.75, 3.05) is 13.1 Å². The van der Waals surface area contributed by atoms with Crippen LogP contribution in [0.3, 0.4) is 0 Å². The van der Waals surface area contributed by atoms with Crippen LogP contribution in [0.4, 0.5) is 4.39 Å². The predicted molar refractivity (Wildman–Crippen MR) is 73.0 cm³/mol. The number of nitrogens with zero attached hydrogens (tertiary/aromatic N) is 1. The number of benzene rings is 1. The third kappa shape index (κ3) is 2.50. The second-order valence-electron chi connectivity index (χ2n) is 5.54. The molecule has 1 aromatic carbocycles. The van der Waals surface area contributed by atoms with Crippen LogP contribution in [0, 0.1) is 11.2 Å². The topological polar surface area (TPSA) is 60.8 Å². The molecule has 0 spiro atoms. The van der Waals surface area contributed by atoms with Crippen LogP contribution in [0.2, 0.25) is 0 Å². The molecule has 0 saturated carbocycles. The number of likely N-dealkylation sites (tertiary alicyclic amines) is 1. The minimum atomic E-state index is -0.779. The van der Waals surface area contributed by atoms with E-state index in [9.17, 15) is 19.4 Å². The smallest absolute Gasteiger partial charge is 0.310 e. The third-order valence-electron chi connectivity index (χ3n) is 4.50. The second kappa shape index (κ2) is 5.40. The molecule has 2 atom stereocenters. The molecule has 20 heavy (non-hydrogen) atoms. The minimum absolute atomic E-state index is 0.0447. The summed E-state index contributed by atoms with van der Waals surface area (Å²) in [6, 6.07) is 3.65. The number of carboxylic acid groups (broad SMARTS) is 1. The molecule has 0 amide bonds. The van der Waals surface area contributed by atoms with Gasteiger partial charge in [-0.25, -0.2) is 4.39 Å². The van der Waals surface area contributed by atoms with E-state index >= 15 is 0 Å². The third-order valence-corrected chi connectivity index (χ3v) is 4.50. The summed E-state index contributed by atoms with van der Waals surface area (Å²) in [5.74, 6) is -1.13. The quantitative estimate of drug-likeness (QED) is 0.891. The van der Waals surface area contributed by atoms with Gasteiger partial charge in [0.05, 0.1) is 5.41 Å². The maximum absolute atomic E-state index is 13.3. The van der Waals surface area contributed by atoms with Crippen molar-refractivity contribution in [1.82, 2.24) is 4.90 Å². The lowest BCUT2D eigenvalue weighted by Crippen LogP contribution is -2.35. The molecule has 0 aliphatic carbocycles. The van der Waals surface area contributed by atoms with Crippen molar-refractivity contribution in [2.24, 2.45) is 5.41 Å². The average Bonchev–Trinajstić information content (AvgIpc) is 2.86. The van der Waals surface area contributed by atoms with E-state index in [2.05, 4.69) is 0 Å². The van der Waals surface area contributed by atoms with Crippen LogP contribution in [0.5, 0.6) is 5.75 Å². The van der Waals surface area contributed by atoms with Crippen molar-refractivity contribution in [3.8, 4) is 5.75 Å². The number of carbonyl (C=O) groups is 1. The molecule has 2 rings (SSSR count).